The molecule has 8 nitrogen and oxygen atoms in total. The average Bonchev–Trinajstić information content (AvgIpc) is 3.41. The van der Waals surface area contributed by atoms with Crippen molar-refractivity contribution in [1.29, 1.82) is 5.26 Å². The van der Waals surface area contributed by atoms with Crippen LogP contribution < -0.4 is 9.47 Å². The molecule has 1 aromatic heterocycles. The summed E-state index contributed by atoms with van der Waals surface area (Å²) in [6.45, 7) is 3.72. The number of fused-ring (bicyclic) bond motifs is 1. The summed E-state index contributed by atoms with van der Waals surface area (Å²) in [5, 5.41) is 9.49. The van der Waals surface area contributed by atoms with Crippen LogP contribution >= 0.6 is 0 Å². The highest BCUT2D eigenvalue weighted by Gasteiger charge is 2.42. The smallest absolute Gasteiger partial charge is 0.257 e. The molecule has 0 unspecified atom stereocenters. The number of amides is 1. The maximum Gasteiger partial charge on any atom is 0.257 e. The third kappa shape index (κ3) is 4.21. The molecule has 0 N–H and O–H groups in total. The lowest BCUT2D eigenvalue weighted by Gasteiger charge is -2.27. The number of ether oxygens (including phenoxy) is 3. The third-order valence-electron chi connectivity index (χ3n) is 6.43. The molecule has 2 aromatic rings. The molecule has 1 saturated carbocycles. The molecule has 2 aliphatic carbocycles. The molecule has 1 saturated heterocycles. The maximum absolute atomic E-state index is 15.1. The van der Waals surface area contributed by atoms with Gasteiger partial charge in [0.1, 0.15) is 23.0 Å². The van der Waals surface area contributed by atoms with Gasteiger partial charge in [-0.1, -0.05) is 6.08 Å². The van der Waals surface area contributed by atoms with Crippen molar-refractivity contribution in [3.8, 4) is 17.7 Å². The van der Waals surface area contributed by atoms with Crippen LogP contribution in [0.4, 0.5) is 4.39 Å². The van der Waals surface area contributed by atoms with E-state index in [0.717, 1.165) is 18.5 Å². The van der Waals surface area contributed by atoms with Gasteiger partial charge in [0.15, 0.2) is 0 Å². The summed E-state index contributed by atoms with van der Waals surface area (Å²) < 4.78 is 32.0. The number of nitrogens with zero attached hydrogens (tertiary/aromatic N) is 4. The molecule has 1 aliphatic heterocycles. The number of carbonyl (C=O) groups excluding carboxylic acids is 1. The standard InChI is InChI=1S/C25H25FN4O4/c1-25(5-6-25)34-23-22-15(14-27)3-4-19(22)28-21(29-23)12-16-11-18(26)17(13-20(16)32-2)24(31)30-7-9-33-10-8-30/h3,11,13H,4-10,12H2,1-2H3. The number of allylic oxidation sites excluding steroid dienone is 2. The quantitative estimate of drug-likeness (QED) is 0.648. The van der Waals surface area contributed by atoms with Gasteiger partial charge in [0.05, 0.1) is 48.8 Å². The minimum Gasteiger partial charge on any atom is -0.496 e. The minimum absolute atomic E-state index is 0.0362. The monoisotopic (exact) mass is 464 g/mol. The van der Waals surface area contributed by atoms with Crippen molar-refractivity contribution >= 4 is 11.5 Å². The van der Waals surface area contributed by atoms with E-state index in [0.29, 0.717) is 66.9 Å². The van der Waals surface area contributed by atoms with E-state index in [4.69, 9.17) is 14.2 Å². The molecule has 3 aliphatic rings. The van der Waals surface area contributed by atoms with E-state index in [2.05, 4.69) is 16.0 Å². The zero-order valence-electron chi connectivity index (χ0n) is 19.2. The van der Waals surface area contributed by atoms with Gasteiger partial charge in [-0.3, -0.25) is 4.79 Å². The van der Waals surface area contributed by atoms with Gasteiger partial charge in [-0.25, -0.2) is 9.37 Å². The molecule has 2 heterocycles. The van der Waals surface area contributed by atoms with E-state index in [1.165, 1.54) is 19.2 Å². The molecule has 0 bridgehead atoms. The van der Waals surface area contributed by atoms with Crippen molar-refractivity contribution in [2.24, 2.45) is 0 Å². The van der Waals surface area contributed by atoms with Crippen molar-refractivity contribution in [2.45, 2.75) is 38.2 Å². The minimum atomic E-state index is -0.621. The number of benzene rings is 1. The number of hydrogen-bond donors (Lipinski definition) is 0. The lowest BCUT2D eigenvalue weighted by Crippen LogP contribution is -2.41. The Balaban J connectivity index is 1.46. The first-order valence-corrected chi connectivity index (χ1v) is 11.3. The SMILES string of the molecule is COc1cc(C(=O)N2CCOCC2)c(F)cc1Cc1nc2c(c(OC3(C)CC3)n1)C(C#N)=CC2. The predicted octanol–water partition coefficient (Wildman–Crippen LogP) is 3.08. The van der Waals surface area contributed by atoms with Gasteiger partial charge >= 0.3 is 0 Å². The normalized spacial score (nSPS) is 18.1. The average molecular weight is 464 g/mol. The Hall–Kier alpha value is -3.51. The van der Waals surface area contributed by atoms with Crippen molar-refractivity contribution in [2.75, 3.05) is 33.4 Å². The van der Waals surface area contributed by atoms with Crippen LogP contribution in [0.5, 0.6) is 11.6 Å². The van der Waals surface area contributed by atoms with Crippen LogP contribution in [-0.4, -0.2) is 59.8 Å². The molecule has 0 radical (unpaired) electrons. The third-order valence-corrected chi connectivity index (χ3v) is 6.43. The number of rotatable bonds is 6. The fourth-order valence-electron chi connectivity index (χ4n) is 4.21. The highest BCUT2D eigenvalue weighted by atomic mass is 19.1. The first-order valence-electron chi connectivity index (χ1n) is 11.3. The van der Waals surface area contributed by atoms with Crippen LogP contribution in [0.3, 0.4) is 0 Å². The number of hydrogen-bond acceptors (Lipinski definition) is 7. The van der Waals surface area contributed by atoms with Crippen LogP contribution in [0, 0.1) is 17.1 Å². The van der Waals surface area contributed by atoms with Gasteiger partial charge in [0, 0.05) is 31.5 Å². The molecular formula is C25H25FN4O4. The van der Waals surface area contributed by atoms with Gasteiger partial charge in [0.2, 0.25) is 5.88 Å². The summed E-state index contributed by atoms with van der Waals surface area (Å²) in [5.41, 5.74) is 2.08. The fraction of sp³-hybridized carbons (Fsp3) is 0.440. The number of carbonyl (C=O) groups is 1. The van der Waals surface area contributed by atoms with E-state index in [1.807, 2.05) is 13.0 Å². The zero-order chi connectivity index (χ0) is 23.9. The number of nitriles is 1. The highest BCUT2D eigenvalue weighted by Crippen LogP contribution is 2.42. The maximum atomic E-state index is 15.1. The first kappa shape index (κ1) is 22.3. The van der Waals surface area contributed by atoms with E-state index < -0.39 is 5.82 Å². The van der Waals surface area contributed by atoms with E-state index >= 15 is 4.39 Å². The van der Waals surface area contributed by atoms with Crippen molar-refractivity contribution < 1.29 is 23.4 Å². The molecule has 2 fully saturated rings. The number of halogens is 1. The second kappa shape index (κ2) is 8.69. The molecule has 9 heteroatoms. The summed E-state index contributed by atoms with van der Waals surface area (Å²) in [7, 11) is 1.48. The Morgan fingerprint density at radius 2 is 2.06 bits per heavy atom. The van der Waals surface area contributed by atoms with E-state index in [-0.39, 0.29) is 23.5 Å². The van der Waals surface area contributed by atoms with Crippen LogP contribution in [0.2, 0.25) is 0 Å². The van der Waals surface area contributed by atoms with Crippen LogP contribution in [-0.2, 0) is 17.6 Å². The topological polar surface area (TPSA) is 97.6 Å². The van der Waals surface area contributed by atoms with Crippen LogP contribution in [0.1, 0.15) is 52.8 Å². The molecule has 5 rings (SSSR count). The zero-order valence-corrected chi connectivity index (χ0v) is 19.2. The Kier molecular flexibility index (Phi) is 5.70. The lowest BCUT2D eigenvalue weighted by molar-refractivity contribution is 0.0299. The number of methoxy groups -OCH3 is 1. The summed E-state index contributed by atoms with van der Waals surface area (Å²) in [5.74, 6) is 0.209. The van der Waals surface area contributed by atoms with Gasteiger partial charge in [0.25, 0.3) is 5.91 Å². The Morgan fingerprint density at radius 3 is 2.74 bits per heavy atom. The molecule has 176 valence electrons. The predicted molar refractivity (Wildman–Crippen MR) is 120 cm³/mol. The van der Waals surface area contributed by atoms with Crippen molar-refractivity contribution in [1.82, 2.24) is 14.9 Å². The molecule has 1 aromatic carbocycles. The number of morpholine rings is 1. The molecule has 1 amide bonds. The Labute approximate surface area is 197 Å². The van der Waals surface area contributed by atoms with Gasteiger partial charge in [-0.2, -0.15) is 10.2 Å². The Morgan fingerprint density at radius 1 is 1.29 bits per heavy atom. The largest absolute Gasteiger partial charge is 0.496 e. The molecule has 34 heavy (non-hydrogen) atoms. The summed E-state index contributed by atoms with van der Waals surface area (Å²) in [4.78, 5) is 23.6. The first-order chi connectivity index (χ1) is 16.4. The highest BCUT2D eigenvalue weighted by molar-refractivity contribution is 5.95. The summed E-state index contributed by atoms with van der Waals surface area (Å²) in [6.07, 6.45) is 4.36. The Bertz CT molecular complexity index is 1230. The van der Waals surface area contributed by atoms with Crippen LogP contribution in [0.15, 0.2) is 18.2 Å². The molecule has 0 atom stereocenters. The van der Waals surface area contributed by atoms with Crippen molar-refractivity contribution in [3.05, 3.63) is 52.2 Å². The molecule has 0 spiro atoms. The lowest BCUT2D eigenvalue weighted by atomic mass is 10.0. The molecular weight excluding hydrogens is 439 g/mol. The van der Waals surface area contributed by atoms with E-state index in [1.54, 1.807) is 4.90 Å². The van der Waals surface area contributed by atoms with Crippen molar-refractivity contribution in [3.63, 3.8) is 0 Å². The fourth-order valence-corrected chi connectivity index (χ4v) is 4.21. The van der Waals surface area contributed by atoms with Crippen LogP contribution in [0.25, 0.3) is 5.57 Å². The van der Waals surface area contributed by atoms with Gasteiger partial charge in [-0.15, -0.1) is 0 Å². The van der Waals surface area contributed by atoms with Gasteiger partial charge in [-0.05, 0) is 31.9 Å². The van der Waals surface area contributed by atoms with Gasteiger partial charge < -0.3 is 19.1 Å². The summed E-state index contributed by atoms with van der Waals surface area (Å²) in [6, 6.07) is 4.94. The second-order valence-corrected chi connectivity index (χ2v) is 8.98. The summed E-state index contributed by atoms with van der Waals surface area (Å²) >= 11 is 0. The van der Waals surface area contributed by atoms with E-state index in [9.17, 15) is 10.1 Å². The second-order valence-electron chi connectivity index (χ2n) is 8.98. The number of aromatic nitrogens is 2.